The highest BCUT2D eigenvalue weighted by atomic mass is 35.5. The average molecular weight is 400 g/mol. The molecular formula is C20H30ClNO3S. The fourth-order valence-corrected chi connectivity index (χ4v) is 5.19. The molecule has 0 radical (unpaired) electrons. The lowest BCUT2D eigenvalue weighted by Crippen LogP contribution is -2.38. The minimum Gasteiger partial charge on any atom is -0.461 e. The van der Waals surface area contributed by atoms with Gasteiger partial charge < -0.3 is 9.64 Å². The molecule has 3 atom stereocenters. The lowest BCUT2D eigenvalue weighted by molar-refractivity contribution is -0.150. The molecule has 0 N–H and O–H groups in total. The van der Waals surface area contributed by atoms with Gasteiger partial charge in [-0.3, -0.25) is 9.00 Å². The van der Waals surface area contributed by atoms with Gasteiger partial charge in [0.2, 0.25) is 0 Å². The summed E-state index contributed by atoms with van der Waals surface area (Å²) < 4.78 is 18.6. The largest absolute Gasteiger partial charge is 0.461 e. The van der Waals surface area contributed by atoms with Crippen LogP contribution < -0.4 is 0 Å². The normalized spacial score (nSPS) is 21.5. The van der Waals surface area contributed by atoms with E-state index in [1.54, 1.807) is 0 Å². The van der Waals surface area contributed by atoms with E-state index in [2.05, 4.69) is 18.7 Å². The van der Waals surface area contributed by atoms with Crippen molar-refractivity contribution >= 4 is 28.4 Å². The highest BCUT2D eigenvalue weighted by Gasteiger charge is 2.32. The molecule has 0 saturated heterocycles. The van der Waals surface area contributed by atoms with Crippen molar-refractivity contribution in [2.24, 2.45) is 0 Å². The Kier molecular flexibility index (Phi) is 9.09. The van der Waals surface area contributed by atoms with Gasteiger partial charge in [0.25, 0.3) is 0 Å². The van der Waals surface area contributed by atoms with Crippen LogP contribution in [0.4, 0.5) is 0 Å². The van der Waals surface area contributed by atoms with E-state index in [-0.39, 0.29) is 17.3 Å². The van der Waals surface area contributed by atoms with Crippen LogP contribution in [0, 0.1) is 0 Å². The molecule has 2 rings (SSSR count). The van der Waals surface area contributed by atoms with E-state index in [1.165, 1.54) is 0 Å². The third kappa shape index (κ3) is 6.67. The smallest absolute Gasteiger partial charge is 0.307 e. The third-order valence-corrected chi connectivity index (χ3v) is 7.10. The zero-order valence-electron chi connectivity index (χ0n) is 15.8. The van der Waals surface area contributed by atoms with Crippen LogP contribution in [0.15, 0.2) is 24.3 Å². The lowest BCUT2D eigenvalue weighted by Gasteiger charge is -2.30. The van der Waals surface area contributed by atoms with Gasteiger partial charge in [-0.1, -0.05) is 44.0 Å². The van der Waals surface area contributed by atoms with E-state index in [0.717, 1.165) is 50.9 Å². The molecular weight excluding hydrogens is 370 g/mol. The molecule has 1 aliphatic rings. The second-order valence-electron chi connectivity index (χ2n) is 6.78. The lowest BCUT2D eigenvalue weighted by atomic mass is 9.97. The number of hydrogen-bond donors (Lipinski definition) is 0. The maximum atomic E-state index is 12.9. The summed E-state index contributed by atoms with van der Waals surface area (Å²) >= 11 is 5.91. The standard InChI is InChI=1S/C20H30ClNO3S/c1-3-22(4-2)14-13-20(23)25-18-7-5-6-8-19(18)26(24)15-16-9-11-17(21)12-10-16/h9-12,18-19H,3-8,13-15H2,1-2H3. The Balaban J connectivity index is 1.90. The highest BCUT2D eigenvalue weighted by molar-refractivity contribution is 7.84. The number of benzene rings is 1. The van der Waals surface area contributed by atoms with Gasteiger partial charge >= 0.3 is 5.97 Å². The van der Waals surface area contributed by atoms with E-state index < -0.39 is 10.8 Å². The number of carbonyl (C=O) groups is 1. The molecule has 146 valence electrons. The minimum absolute atomic E-state index is 0.0724. The summed E-state index contributed by atoms with van der Waals surface area (Å²) in [6.45, 7) is 6.76. The molecule has 3 unspecified atom stereocenters. The van der Waals surface area contributed by atoms with Crippen molar-refractivity contribution in [2.75, 3.05) is 19.6 Å². The van der Waals surface area contributed by atoms with Crippen LogP contribution in [0.25, 0.3) is 0 Å². The molecule has 0 spiro atoms. The van der Waals surface area contributed by atoms with Crippen molar-refractivity contribution in [1.29, 1.82) is 0 Å². The Morgan fingerprint density at radius 3 is 2.50 bits per heavy atom. The van der Waals surface area contributed by atoms with Gasteiger partial charge in [-0.25, -0.2) is 0 Å². The molecule has 0 aromatic heterocycles. The number of ether oxygens (including phenoxy) is 1. The van der Waals surface area contributed by atoms with Crippen LogP contribution in [-0.4, -0.2) is 46.1 Å². The Morgan fingerprint density at radius 2 is 1.85 bits per heavy atom. The van der Waals surface area contributed by atoms with Crippen molar-refractivity contribution in [3.63, 3.8) is 0 Å². The summed E-state index contributed by atoms with van der Waals surface area (Å²) in [5.41, 5.74) is 1.00. The van der Waals surface area contributed by atoms with Crippen LogP contribution in [0.5, 0.6) is 0 Å². The van der Waals surface area contributed by atoms with Crippen molar-refractivity contribution in [1.82, 2.24) is 4.90 Å². The zero-order valence-corrected chi connectivity index (χ0v) is 17.4. The zero-order chi connectivity index (χ0) is 18.9. The van der Waals surface area contributed by atoms with Crippen LogP contribution in [0.2, 0.25) is 5.02 Å². The predicted molar refractivity (Wildman–Crippen MR) is 108 cm³/mol. The number of carbonyl (C=O) groups excluding carboxylic acids is 1. The van der Waals surface area contributed by atoms with E-state index in [0.29, 0.717) is 17.2 Å². The van der Waals surface area contributed by atoms with Crippen LogP contribution in [0.3, 0.4) is 0 Å². The van der Waals surface area contributed by atoms with Gasteiger partial charge in [-0.2, -0.15) is 0 Å². The monoisotopic (exact) mass is 399 g/mol. The van der Waals surface area contributed by atoms with Gasteiger partial charge in [-0.15, -0.1) is 0 Å². The van der Waals surface area contributed by atoms with Crippen molar-refractivity contribution in [2.45, 2.75) is 63.1 Å². The maximum Gasteiger partial charge on any atom is 0.307 e. The number of nitrogens with zero attached hydrogens (tertiary/aromatic N) is 1. The first kappa shape index (κ1) is 21.4. The molecule has 0 aliphatic heterocycles. The molecule has 1 fully saturated rings. The molecule has 4 nitrogen and oxygen atoms in total. The van der Waals surface area contributed by atoms with Crippen LogP contribution in [-0.2, 0) is 26.1 Å². The number of rotatable bonds is 9. The Bertz CT molecular complexity index is 589. The Hall–Kier alpha value is -0.910. The molecule has 0 amide bonds. The van der Waals surface area contributed by atoms with E-state index in [9.17, 15) is 9.00 Å². The summed E-state index contributed by atoms with van der Waals surface area (Å²) in [7, 11) is -1.06. The molecule has 1 saturated carbocycles. The SMILES string of the molecule is CCN(CC)CCC(=O)OC1CCCCC1S(=O)Cc1ccc(Cl)cc1. The number of esters is 1. The number of halogens is 1. The van der Waals surface area contributed by atoms with Crippen LogP contribution >= 0.6 is 11.6 Å². The van der Waals surface area contributed by atoms with Gasteiger partial charge in [0.1, 0.15) is 6.10 Å². The molecule has 6 heteroatoms. The fourth-order valence-electron chi connectivity index (χ4n) is 3.37. The first-order valence-corrected chi connectivity index (χ1v) is 11.3. The van der Waals surface area contributed by atoms with Gasteiger partial charge in [0.15, 0.2) is 0 Å². The van der Waals surface area contributed by atoms with E-state index >= 15 is 0 Å². The second-order valence-corrected chi connectivity index (χ2v) is 8.87. The van der Waals surface area contributed by atoms with Gasteiger partial charge in [0, 0.05) is 28.1 Å². The summed E-state index contributed by atoms with van der Waals surface area (Å²) in [4.78, 5) is 14.5. The summed E-state index contributed by atoms with van der Waals surface area (Å²) in [5.74, 6) is 0.312. The first-order valence-electron chi connectivity index (χ1n) is 9.57. The van der Waals surface area contributed by atoms with Gasteiger partial charge in [-0.05, 0) is 50.0 Å². The fraction of sp³-hybridized carbons (Fsp3) is 0.650. The quantitative estimate of drug-likeness (QED) is 0.584. The molecule has 26 heavy (non-hydrogen) atoms. The average Bonchev–Trinajstić information content (AvgIpc) is 2.65. The second kappa shape index (κ2) is 11.1. The van der Waals surface area contributed by atoms with E-state index in [4.69, 9.17) is 16.3 Å². The van der Waals surface area contributed by atoms with Gasteiger partial charge in [0.05, 0.1) is 11.7 Å². The topological polar surface area (TPSA) is 46.6 Å². The predicted octanol–water partition coefficient (Wildman–Crippen LogP) is 4.18. The van der Waals surface area contributed by atoms with Crippen molar-refractivity contribution in [3.8, 4) is 0 Å². The molecule has 0 heterocycles. The first-order chi connectivity index (χ1) is 12.5. The summed E-state index contributed by atoms with van der Waals surface area (Å²) in [6.07, 6.45) is 3.92. The summed E-state index contributed by atoms with van der Waals surface area (Å²) in [5, 5.41) is 0.606. The van der Waals surface area contributed by atoms with Crippen molar-refractivity contribution in [3.05, 3.63) is 34.9 Å². The van der Waals surface area contributed by atoms with E-state index in [1.807, 2.05) is 24.3 Å². The maximum absolute atomic E-state index is 12.9. The van der Waals surface area contributed by atoms with Crippen LogP contribution in [0.1, 0.15) is 51.5 Å². The third-order valence-electron chi connectivity index (χ3n) is 5.01. The molecule has 1 aromatic rings. The van der Waals surface area contributed by atoms with Crippen molar-refractivity contribution < 1.29 is 13.7 Å². The minimum atomic E-state index is -1.06. The molecule has 1 aromatic carbocycles. The Labute approximate surface area is 164 Å². The molecule has 1 aliphatic carbocycles. The summed E-state index contributed by atoms with van der Waals surface area (Å²) in [6, 6.07) is 7.46. The highest BCUT2D eigenvalue weighted by Crippen LogP contribution is 2.27. The molecule has 0 bridgehead atoms. The Morgan fingerprint density at radius 1 is 1.19 bits per heavy atom. The number of hydrogen-bond acceptors (Lipinski definition) is 4.